The van der Waals surface area contributed by atoms with Crippen molar-refractivity contribution in [3.63, 3.8) is 0 Å². The summed E-state index contributed by atoms with van der Waals surface area (Å²) in [6, 6.07) is 7.23. The lowest BCUT2D eigenvalue weighted by molar-refractivity contribution is 0.475. The van der Waals surface area contributed by atoms with Crippen LogP contribution in [-0.4, -0.2) is 14.7 Å². The maximum atomic E-state index is 9.52. The molecule has 3 heteroatoms. The Morgan fingerprint density at radius 2 is 2.12 bits per heavy atom. The van der Waals surface area contributed by atoms with Crippen molar-refractivity contribution in [2.75, 3.05) is 0 Å². The van der Waals surface area contributed by atoms with Crippen molar-refractivity contribution < 1.29 is 5.11 Å². The number of aromatic hydroxyl groups is 1. The molecule has 0 aliphatic heterocycles. The van der Waals surface area contributed by atoms with Gasteiger partial charge in [-0.1, -0.05) is 26.0 Å². The van der Waals surface area contributed by atoms with Crippen LogP contribution in [0.2, 0.25) is 0 Å². The zero-order valence-corrected chi connectivity index (χ0v) is 10.5. The first-order chi connectivity index (χ1) is 8.06. The molecule has 0 atom stereocenters. The van der Waals surface area contributed by atoms with E-state index in [1.165, 1.54) is 0 Å². The van der Waals surface area contributed by atoms with Gasteiger partial charge in [-0.15, -0.1) is 0 Å². The van der Waals surface area contributed by atoms with E-state index in [0.717, 1.165) is 23.6 Å². The molecule has 0 saturated heterocycles. The summed E-state index contributed by atoms with van der Waals surface area (Å²) in [5.41, 5.74) is 1.96. The number of nitrogens with zero attached hydrogens (tertiary/aromatic N) is 2. The molecule has 0 aliphatic carbocycles. The predicted molar refractivity (Wildman–Crippen MR) is 68.9 cm³/mol. The van der Waals surface area contributed by atoms with Gasteiger partial charge in [0.15, 0.2) is 0 Å². The Bertz CT molecular complexity index is 515. The van der Waals surface area contributed by atoms with E-state index in [9.17, 15) is 5.11 Å². The molecule has 0 saturated carbocycles. The molecule has 0 radical (unpaired) electrons. The van der Waals surface area contributed by atoms with E-state index in [0.29, 0.717) is 5.92 Å². The lowest BCUT2D eigenvalue weighted by atomic mass is 10.2. The highest BCUT2D eigenvalue weighted by molar-refractivity contribution is 5.58. The molecule has 0 bridgehead atoms. The molecule has 1 heterocycles. The van der Waals surface area contributed by atoms with Crippen LogP contribution >= 0.6 is 0 Å². The molecule has 0 spiro atoms. The molecule has 0 fully saturated rings. The smallest absolute Gasteiger partial charge is 0.140 e. The number of phenolic OH excluding ortho intramolecular Hbond substituents is 1. The lowest BCUT2D eigenvalue weighted by Gasteiger charge is -2.10. The molecule has 1 aromatic heterocycles. The third-order valence-corrected chi connectivity index (χ3v) is 2.56. The molecule has 90 valence electrons. The summed E-state index contributed by atoms with van der Waals surface area (Å²) < 4.78 is 2.15. The Hall–Kier alpha value is -1.77. The number of hydrogen-bond acceptors (Lipinski definition) is 2. The van der Waals surface area contributed by atoms with Gasteiger partial charge < -0.3 is 9.67 Å². The standard InChI is InChI=1S/C14H18N2O/c1-10(2)8-16-9-11(3)15-14(16)12-5-4-6-13(17)7-12/h4-7,9-10,17H,8H2,1-3H3. The van der Waals surface area contributed by atoms with Gasteiger partial charge in [-0.2, -0.15) is 0 Å². The normalized spacial score (nSPS) is 11.1. The van der Waals surface area contributed by atoms with Crippen LogP contribution in [0.1, 0.15) is 19.5 Å². The average molecular weight is 230 g/mol. The van der Waals surface area contributed by atoms with Crippen molar-refractivity contribution in [3.8, 4) is 17.1 Å². The SMILES string of the molecule is Cc1cn(CC(C)C)c(-c2cccc(O)c2)n1. The Kier molecular flexibility index (Phi) is 3.18. The van der Waals surface area contributed by atoms with Crippen LogP contribution < -0.4 is 0 Å². The zero-order chi connectivity index (χ0) is 12.4. The van der Waals surface area contributed by atoms with E-state index in [-0.39, 0.29) is 5.75 Å². The first kappa shape index (κ1) is 11.7. The van der Waals surface area contributed by atoms with E-state index >= 15 is 0 Å². The van der Waals surface area contributed by atoms with Gasteiger partial charge in [0.25, 0.3) is 0 Å². The third-order valence-electron chi connectivity index (χ3n) is 2.56. The monoisotopic (exact) mass is 230 g/mol. The van der Waals surface area contributed by atoms with Crippen LogP contribution in [0.15, 0.2) is 30.5 Å². The molecule has 1 N–H and O–H groups in total. The van der Waals surface area contributed by atoms with Crippen molar-refractivity contribution in [1.29, 1.82) is 0 Å². The summed E-state index contributed by atoms with van der Waals surface area (Å²) in [6.45, 7) is 7.29. The highest BCUT2D eigenvalue weighted by Crippen LogP contribution is 2.23. The fourth-order valence-corrected chi connectivity index (χ4v) is 1.95. The predicted octanol–water partition coefficient (Wildman–Crippen LogP) is 3.22. The van der Waals surface area contributed by atoms with Crippen molar-refractivity contribution in [2.45, 2.75) is 27.3 Å². The molecule has 1 aromatic carbocycles. The molecule has 3 nitrogen and oxygen atoms in total. The Labute approximate surface area is 102 Å². The van der Waals surface area contributed by atoms with Crippen LogP contribution in [0.3, 0.4) is 0 Å². The highest BCUT2D eigenvalue weighted by atomic mass is 16.3. The van der Waals surface area contributed by atoms with Crippen LogP contribution in [0.4, 0.5) is 0 Å². The number of aryl methyl sites for hydroxylation is 1. The maximum absolute atomic E-state index is 9.52. The topological polar surface area (TPSA) is 38.0 Å². The van der Waals surface area contributed by atoms with Crippen LogP contribution in [0.25, 0.3) is 11.4 Å². The first-order valence-corrected chi connectivity index (χ1v) is 5.89. The highest BCUT2D eigenvalue weighted by Gasteiger charge is 2.09. The molecule has 2 rings (SSSR count). The zero-order valence-electron chi connectivity index (χ0n) is 10.5. The first-order valence-electron chi connectivity index (χ1n) is 5.89. The van der Waals surface area contributed by atoms with Gasteiger partial charge in [0.05, 0.1) is 5.69 Å². The third kappa shape index (κ3) is 2.67. The number of aromatic nitrogens is 2. The fraction of sp³-hybridized carbons (Fsp3) is 0.357. The number of imidazole rings is 1. The van der Waals surface area contributed by atoms with Crippen LogP contribution in [0.5, 0.6) is 5.75 Å². The molecule has 2 aromatic rings. The minimum atomic E-state index is 0.277. The minimum absolute atomic E-state index is 0.277. The number of phenols is 1. The van der Waals surface area contributed by atoms with E-state index in [1.807, 2.05) is 19.1 Å². The number of benzene rings is 1. The van der Waals surface area contributed by atoms with Crippen molar-refractivity contribution in [2.24, 2.45) is 5.92 Å². The van der Waals surface area contributed by atoms with Gasteiger partial charge in [-0.05, 0) is 25.0 Å². The molecule has 0 aliphatic rings. The second kappa shape index (κ2) is 4.62. The van der Waals surface area contributed by atoms with Gasteiger partial charge in [0.1, 0.15) is 11.6 Å². The molecular weight excluding hydrogens is 212 g/mol. The second-order valence-corrected chi connectivity index (χ2v) is 4.80. The van der Waals surface area contributed by atoms with Gasteiger partial charge in [0.2, 0.25) is 0 Å². The Morgan fingerprint density at radius 1 is 1.35 bits per heavy atom. The van der Waals surface area contributed by atoms with Crippen LogP contribution in [0, 0.1) is 12.8 Å². The summed E-state index contributed by atoms with van der Waals surface area (Å²) in [6.07, 6.45) is 2.05. The largest absolute Gasteiger partial charge is 0.508 e. The van der Waals surface area contributed by atoms with Gasteiger partial charge in [-0.3, -0.25) is 0 Å². The summed E-state index contributed by atoms with van der Waals surface area (Å²) in [5, 5.41) is 9.52. The molecule has 17 heavy (non-hydrogen) atoms. The summed E-state index contributed by atoms with van der Waals surface area (Å²) in [4.78, 5) is 4.53. The minimum Gasteiger partial charge on any atom is -0.508 e. The summed E-state index contributed by atoms with van der Waals surface area (Å²) >= 11 is 0. The van der Waals surface area contributed by atoms with Crippen molar-refractivity contribution in [1.82, 2.24) is 9.55 Å². The summed E-state index contributed by atoms with van der Waals surface area (Å²) in [5.74, 6) is 1.77. The average Bonchev–Trinajstić information content (AvgIpc) is 2.58. The van der Waals surface area contributed by atoms with E-state index < -0.39 is 0 Å². The van der Waals surface area contributed by atoms with Gasteiger partial charge in [-0.25, -0.2) is 4.98 Å². The maximum Gasteiger partial charge on any atom is 0.140 e. The van der Waals surface area contributed by atoms with E-state index in [1.54, 1.807) is 12.1 Å². The second-order valence-electron chi connectivity index (χ2n) is 4.80. The molecule has 0 unspecified atom stereocenters. The Morgan fingerprint density at radius 3 is 2.76 bits per heavy atom. The fourth-order valence-electron chi connectivity index (χ4n) is 1.95. The van der Waals surface area contributed by atoms with Crippen LogP contribution in [-0.2, 0) is 6.54 Å². The van der Waals surface area contributed by atoms with E-state index in [4.69, 9.17) is 0 Å². The molecule has 0 amide bonds. The number of rotatable bonds is 3. The number of hydrogen-bond donors (Lipinski definition) is 1. The van der Waals surface area contributed by atoms with E-state index in [2.05, 4.69) is 29.6 Å². The van der Waals surface area contributed by atoms with Gasteiger partial charge >= 0.3 is 0 Å². The van der Waals surface area contributed by atoms with Crippen molar-refractivity contribution in [3.05, 3.63) is 36.2 Å². The van der Waals surface area contributed by atoms with Crippen molar-refractivity contribution >= 4 is 0 Å². The summed E-state index contributed by atoms with van der Waals surface area (Å²) in [7, 11) is 0. The lowest BCUT2D eigenvalue weighted by Crippen LogP contribution is -2.05. The Balaban J connectivity index is 2.44. The quantitative estimate of drug-likeness (QED) is 0.879. The van der Waals surface area contributed by atoms with Gasteiger partial charge in [0, 0.05) is 18.3 Å². The molecular formula is C14H18N2O.